The summed E-state index contributed by atoms with van der Waals surface area (Å²) in [6, 6.07) is 17.8. The molecule has 2 N–H and O–H groups in total. The summed E-state index contributed by atoms with van der Waals surface area (Å²) in [4.78, 5) is 34.1. The first-order valence-electron chi connectivity index (χ1n) is 8.82. The molecule has 1 unspecified atom stereocenters. The van der Waals surface area contributed by atoms with Gasteiger partial charge in [0, 0.05) is 18.7 Å². The molecule has 136 valence electrons. The van der Waals surface area contributed by atoms with Gasteiger partial charge in [0.05, 0.1) is 17.9 Å². The quantitative estimate of drug-likeness (QED) is 0.748. The molecule has 1 atom stereocenters. The number of imidazole rings is 1. The summed E-state index contributed by atoms with van der Waals surface area (Å²) in [5.74, 6) is -1.86. The lowest BCUT2D eigenvalue weighted by atomic mass is 9.88. The lowest BCUT2D eigenvalue weighted by molar-refractivity contribution is -0.151. The van der Waals surface area contributed by atoms with Crippen LogP contribution in [0.1, 0.15) is 34.5 Å². The second-order valence-electron chi connectivity index (χ2n) is 6.54. The highest BCUT2D eigenvalue weighted by atomic mass is 16.4. The Labute approximate surface area is 156 Å². The van der Waals surface area contributed by atoms with Gasteiger partial charge in [-0.15, -0.1) is 0 Å². The van der Waals surface area contributed by atoms with Crippen LogP contribution in [-0.4, -0.2) is 38.4 Å². The summed E-state index contributed by atoms with van der Waals surface area (Å²) in [5.41, 5.74) is 2.88. The van der Waals surface area contributed by atoms with Crippen LogP contribution in [0.15, 0.2) is 67.0 Å². The van der Waals surface area contributed by atoms with E-state index in [-0.39, 0.29) is 5.91 Å². The average Bonchev–Trinajstić information content (AvgIpc) is 3.17. The van der Waals surface area contributed by atoms with Crippen molar-refractivity contribution >= 4 is 11.9 Å². The number of aromatic nitrogens is 2. The van der Waals surface area contributed by atoms with Crippen molar-refractivity contribution in [3.63, 3.8) is 0 Å². The van der Waals surface area contributed by atoms with Gasteiger partial charge in [0.25, 0.3) is 0 Å². The molecule has 2 aromatic carbocycles. The number of benzene rings is 2. The molecule has 0 fully saturated rings. The standard InChI is InChI=1S/C21H19N3O3/c25-20(24-12-11-16-18(23-13-22-16)19(24)21(26)27)17(14-7-3-1-4-8-14)15-9-5-2-6-10-15/h1-10,13,17,19H,11-12H2,(H,22,23)(H,26,27). The molecule has 1 aliphatic rings. The number of rotatable bonds is 4. The molecule has 0 saturated carbocycles. The maximum absolute atomic E-state index is 13.6. The first-order chi connectivity index (χ1) is 13.2. The highest BCUT2D eigenvalue weighted by molar-refractivity contribution is 5.91. The van der Waals surface area contributed by atoms with Crippen molar-refractivity contribution in [2.75, 3.05) is 6.54 Å². The molecule has 0 bridgehead atoms. The van der Waals surface area contributed by atoms with Crippen LogP contribution in [0.5, 0.6) is 0 Å². The van der Waals surface area contributed by atoms with Crippen molar-refractivity contribution in [3.05, 3.63) is 89.5 Å². The molecule has 1 aliphatic heterocycles. The zero-order chi connectivity index (χ0) is 18.8. The van der Waals surface area contributed by atoms with E-state index in [1.54, 1.807) is 0 Å². The Morgan fingerprint density at radius 2 is 1.63 bits per heavy atom. The Balaban J connectivity index is 1.77. The summed E-state index contributed by atoms with van der Waals surface area (Å²) < 4.78 is 0. The number of nitrogens with zero attached hydrogens (tertiary/aromatic N) is 2. The van der Waals surface area contributed by atoms with Crippen LogP contribution < -0.4 is 0 Å². The zero-order valence-electron chi connectivity index (χ0n) is 14.6. The fraction of sp³-hybridized carbons (Fsp3) is 0.190. The van der Waals surface area contributed by atoms with Gasteiger partial charge in [0.2, 0.25) is 5.91 Å². The van der Waals surface area contributed by atoms with E-state index in [2.05, 4.69) is 9.97 Å². The number of aromatic amines is 1. The Morgan fingerprint density at radius 1 is 1.04 bits per heavy atom. The summed E-state index contributed by atoms with van der Waals surface area (Å²) in [5, 5.41) is 9.80. The molecule has 2 heterocycles. The van der Waals surface area contributed by atoms with Crippen LogP contribution in [0.4, 0.5) is 0 Å². The largest absolute Gasteiger partial charge is 0.479 e. The summed E-state index contributed by atoms with van der Waals surface area (Å²) in [6.07, 6.45) is 2.04. The summed E-state index contributed by atoms with van der Waals surface area (Å²) in [6.45, 7) is 0.334. The predicted molar refractivity (Wildman–Crippen MR) is 99.1 cm³/mol. The van der Waals surface area contributed by atoms with Gasteiger partial charge in [-0.25, -0.2) is 9.78 Å². The van der Waals surface area contributed by atoms with E-state index in [1.807, 2.05) is 60.7 Å². The molecule has 0 saturated heterocycles. The number of fused-ring (bicyclic) bond motifs is 1. The number of aliphatic carboxylic acids is 1. The van der Waals surface area contributed by atoms with Crippen LogP contribution in [-0.2, 0) is 16.0 Å². The molecular formula is C21H19N3O3. The third-order valence-corrected chi connectivity index (χ3v) is 4.95. The number of amides is 1. The molecule has 6 heteroatoms. The highest BCUT2D eigenvalue weighted by Crippen LogP contribution is 2.33. The van der Waals surface area contributed by atoms with Crippen molar-refractivity contribution in [1.82, 2.24) is 14.9 Å². The number of H-pyrrole nitrogens is 1. The maximum Gasteiger partial charge on any atom is 0.332 e. The molecule has 1 aromatic heterocycles. The van der Waals surface area contributed by atoms with E-state index in [0.717, 1.165) is 16.8 Å². The first-order valence-corrected chi connectivity index (χ1v) is 8.82. The average molecular weight is 361 g/mol. The number of hydrogen-bond acceptors (Lipinski definition) is 3. The van der Waals surface area contributed by atoms with Gasteiger partial charge in [0.1, 0.15) is 0 Å². The zero-order valence-corrected chi connectivity index (χ0v) is 14.6. The van der Waals surface area contributed by atoms with Crippen molar-refractivity contribution in [1.29, 1.82) is 0 Å². The molecule has 4 rings (SSSR count). The third-order valence-electron chi connectivity index (χ3n) is 4.95. The van der Waals surface area contributed by atoms with Crippen molar-refractivity contribution in [3.8, 4) is 0 Å². The van der Waals surface area contributed by atoms with Crippen LogP contribution in [0.3, 0.4) is 0 Å². The molecule has 0 aliphatic carbocycles. The van der Waals surface area contributed by atoms with E-state index < -0.39 is 17.9 Å². The van der Waals surface area contributed by atoms with E-state index >= 15 is 0 Å². The number of nitrogens with one attached hydrogen (secondary N) is 1. The Hall–Kier alpha value is -3.41. The van der Waals surface area contributed by atoms with E-state index in [1.165, 1.54) is 11.2 Å². The topological polar surface area (TPSA) is 86.3 Å². The Morgan fingerprint density at radius 3 is 2.19 bits per heavy atom. The highest BCUT2D eigenvalue weighted by Gasteiger charge is 2.40. The van der Waals surface area contributed by atoms with Gasteiger partial charge in [-0.05, 0) is 11.1 Å². The fourth-order valence-electron chi connectivity index (χ4n) is 3.70. The number of carbonyl (C=O) groups excluding carboxylic acids is 1. The van der Waals surface area contributed by atoms with E-state index in [0.29, 0.717) is 18.7 Å². The Kier molecular flexibility index (Phi) is 4.46. The lowest BCUT2D eigenvalue weighted by Crippen LogP contribution is -2.45. The molecular weight excluding hydrogens is 342 g/mol. The third kappa shape index (κ3) is 3.10. The summed E-state index contributed by atoms with van der Waals surface area (Å²) in [7, 11) is 0. The smallest absolute Gasteiger partial charge is 0.332 e. The number of carbonyl (C=O) groups is 2. The monoisotopic (exact) mass is 361 g/mol. The Bertz CT molecular complexity index is 914. The molecule has 0 spiro atoms. The summed E-state index contributed by atoms with van der Waals surface area (Å²) >= 11 is 0. The van der Waals surface area contributed by atoms with Crippen LogP contribution >= 0.6 is 0 Å². The van der Waals surface area contributed by atoms with Gasteiger partial charge >= 0.3 is 5.97 Å². The molecule has 27 heavy (non-hydrogen) atoms. The molecule has 1 amide bonds. The van der Waals surface area contributed by atoms with E-state index in [4.69, 9.17) is 0 Å². The SMILES string of the molecule is O=C(O)C1c2nc[nH]c2CCN1C(=O)C(c1ccccc1)c1ccccc1. The number of hydrogen-bond donors (Lipinski definition) is 2. The molecule has 0 radical (unpaired) electrons. The number of carboxylic acid groups (broad SMARTS) is 1. The minimum atomic E-state index is -1.08. The van der Waals surface area contributed by atoms with Crippen LogP contribution in [0.25, 0.3) is 0 Å². The molecule has 6 nitrogen and oxygen atoms in total. The minimum Gasteiger partial charge on any atom is -0.479 e. The van der Waals surface area contributed by atoms with Gasteiger partial charge in [-0.2, -0.15) is 0 Å². The van der Waals surface area contributed by atoms with E-state index in [9.17, 15) is 14.7 Å². The second kappa shape index (κ2) is 7.07. The van der Waals surface area contributed by atoms with Gasteiger partial charge < -0.3 is 15.0 Å². The van der Waals surface area contributed by atoms with Gasteiger partial charge in [0.15, 0.2) is 6.04 Å². The van der Waals surface area contributed by atoms with Gasteiger partial charge in [-0.1, -0.05) is 60.7 Å². The van der Waals surface area contributed by atoms with Crippen LogP contribution in [0.2, 0.25) is 0 Å². The van der Waals surface area contributed by atoms with Gasteiger partial charge in [-0.3, -0.25) is 4.79 Å². The second-order valence-corrected chi connectivity index (χ2v) is 6.54. The molecule has 3 aromatic rings. The first kappa shape index (κ1) is 17.0. The predicted octanol–water partition coefficient (Wildman–Crippen LogP) is 2.75. The maximum atomic E-state index is 13.6. The van der Waals surface area contributed by atoms with Crippen molar-refractivity contribution in [2.24, 2.45) is 0 Å². The van der Waals surface area contributed by atoms with Crippen molar-refractivity contribution in [2.45, 2.75) is 18.4 Å². The fourth-order valence-corrected chi connectivity index (χ4v) is 3.70. The number of carboxylic acids is 1. The lowest BCUT2D eigenvalue weighted by Gasteiger charge is -2.35. The van der Waals surface area contributed by atoms with Crippen molar-refractivity contribution < 1.29 is 14.7 Å². The normalized spacial score (nSPS) is 16.2. The minimum absolute atomic E-state index is 0.228. The van der Waals surface area contributed by atoms with Crippen LogP contribution in [0, 0.1) is 0 Å².